The molecule has 4 heteroatoms. The summed E-state index contributed by atoms with van der Waals surface area (Å²) in [6.07, 6.45) is 3.20. The average Bonchev–Trinajstić information content (AvgIpc) is 2.26. The Morgan fingerprint density at radius 1 is 1.44 bits per heavy atom. The van der Waals surface area contributed by atoms with Gasteiger partial charge in [-0.2, -0.15) is 0 Å². The Morgan fingerprint density at radius 2 is 2.25 bits per heavy atom. The topological polar surface area (TPSA) is 40.7 Å². The molecule has 88 valence electrons. The van der Waals surface area contributed by atoms with Crippen LogP contribution in [0, 0.1) is 10.6 Å². The second kappa shape index (κ2) is 5.06. The van der Waals surface area contributed by atoms with E-state index in [0.717, 1.165) is 42.8 Å². The number of fused-ring (bicyclic) bond motifs is 1. The summed E-state index contributed by atoms with van der Waals surface area (Å²) >= 11 is 5.34. The molecule has 0 bridgehead atoms. The van der Waals surface area contributed by atoms with Gasteiger partial charge in [-0.1, -0.05) is 26.1 Å². The van der Waals surface area contributed by atoms with Crippen LogP contribution in [0.2, 0.25) is 0 Å². The summed E-state index contributed by atoms with van der Waals surface area (Å²) in [6, 6.07) is 0. The third-order valence-corrected chi connectivity index (χ3v) is 3.30. The van der Waals surface area contributed by atoms with Gasteiger partial charge >= 0.3 is 0 Å². The summed E-state index contributed by atoms with van der Waals surface area (Å²) in [4.78, 5) is 7.92. The number of H-pyrrole nitrogens is 1. The predicted octanol–water partition coefficient (Wildman–Crippen LogP) is 2.37. The molecule has 2 rings (SSSR count). The lowest BCUT2D eigenvalue weighted by molar-refractivity contribution is 0.565. The minimum Gasteiger partial charge on any atom is -0.347 e. The SMILES string of the molecule is CC(C)CCc1nc(=S)c2c([nH]1)CCNC2. The fraction of sp³-hybridized carbons (Fsp3) is 0.667. The van der Waals surface area contributed by atoms with E-state index in [0.29, 0.717) is 5.92 Å². The monoisotopic (exact) mass is 237 g/mol. The first-order valence-corrected chi connectivity index (χ1v) is 6.39. The molecule has 1 aliphatic rings. The Morgan fingerprint density at radius 3 is 3.00 bits per heavy atom. The summed E-state index contributed by atoms with van der Waals surface area (Å²) in [7, 11) is 0. The smallest absolute Gasteiger partial charge is 0.134 e. The lowest BCUT2D eigenvalue weighted by Gasteiger charge is -2.17. The molecule has 16 heavy (non-hydrogen) atoms. The maximum Gasteiger partial charge on any atom is 0.134 e. The molecule has 2 N–H and O–H groups in total. The first-order valence-electron chi connectivity index (χ1n) is 5.98. The lowest BCUT2D eigenvalue weighted by Crippen LogP contribution is -2.26. The van der Waals surface area contributed by atoms with Gasteiger partial charge in [0.15, 0.2) is 0 Å². The molecule has 2 heterocycles. The maximum absolute atomic E-state index is 5.34. The number of nitrogens with one attached hydrogen (secondary N) is 2. The highest BCUT2D eigenvalue weighted by Crippen LogP contribution is 2.14. The van der Waals surface area contributed by atoms with E-state index in [1.165, 1.54) is 11.3 Å². The van der Waals surface area contributed by atoms with Crippen molar-refractivity contribution in [1.82, 2.24) is 15.3 Å². The highest BCUT2D eigenvalue weighted by Gasteiger charge is 2.12. The standard InChI is InChI=1S/C12H19N3S/c1-8(2)3-4-11-14-10-5-6-13-7-9(10)12(16)15-11/h8,13H,3-7H2,1-2H3,(H,14,15,16). The summed E-state index contributed by atoms with van der Waals surface area (Å²) in [6.45, 7) is 6.36. The second-order valence-electron chi connectivity index (χ2n) is 4.81. The van der Waals surface area contributed by atoms with Crippen LogP contribution in [0.1, 0.15) is 37.4 Å². The Hall–Kier alpha value is -0.740. The van der Waals surface area contributed by atoms with E-state index in [2.05, 4.69) is 29.1 Å². The van der Waals surface area contributed by atoms with Gasteiger partial charge in [0.05, 0.1) is 0 Å². The minimum absolute atomic E-state index is 0.710. The average molecular weight is 237 g/mol. The first kappa shape index (κ1) is 11.7. The number of aryl methyl sites for hydroxylation is 1. The molecule has 0 atom stereocenters. The van der Waals surface area contributed by atoms with Gasteiger partial charge in [-0.15, -0.1) is 0 Å². The van der Waals surface area contributed by atoms with Crippen molar-refractivity contribution in [2.75, 3.05) is 6.54 Å². The Bertz CT molecular complexity index is 423. The van der Waals surface area contributed by atoms with Gasteiger partial charge < -0.3 is 10.3 Å². The van der Waals surface area contributed by atoms with Crippen molar-refractivity contribution in [3.63, 3.8) is 0 Å². The highest BCUT2D eigenvalue weighted by atomic mass is 32.1. The third kappa shape index (κ3) is 2.68. The lowest BCUT2D eigenvalue weighted by atomic mass is 10.1. The predicted molar refractivity (Wildman–Crippen MR) is 68.0 cm³/mol. The third-order valence-electron chi connectivity index (χ3n) is 2.97. The molecule has 1 aliphatic heterocycles. The number of nitrogens with zero attached hydrogens (tertiary/aromatic N) is 1. The number of hydrogen-bond donors (Lipinski definition) is 2. The van der Waals surface area contributed by atoms with Crippen LogP contribution in [0.25, 0.3) is 0 Å². The largest absolute Gasteiger partial charge is 0.347 e. The van der Waals surface area contributed by atoms with Crippen molar-refractivity contribution in [1.29, 1.82) is 0 Å². The molecule has 0 radical (unpaired) electrons. The van der Waals surface area contributed by atoms with E-state index in [1.54, 1.807) is 0 Å². The van der Waals surface area contributed by atoms with E-state index in [4.69, 9.17) is 12.2 Å². The summed E-state index contributed by atoms with van der Waals surface area (Å²) in [5, 5.41) is 3.32. The van der Waals surface area contributed by atoms with Crippen LogP contribution in [-0.2, 0) is 19.4 Å². The van der Waals surface area contributed by atoms with Crippen LogP contribution in [0.15, 0.2) is 0 Å². The Labute approximate surface area is 102 Å². The van der Waals surface area contributed by atoms with Gasteiger partial charge in [-0.05, 0) is 12.3 Å². The van der Waals surface area contributed by atoms with E-state index < -0.39 is 0 Å². The zero-order valence-electron chi connectivity index (χ0n) is 9.97. The van der Waals surface area contributed by atoms with Gasteiger partial charge in [-0.25, -0.2) is 4.98 Å². The zero-order chi connectivity index (χ0) is 11.5. The highest BCUT2D eigenvalue weighted by molar-refractivity contribution is 7.71. The number of rotatable bonds is 3. The number of aromatic nitrogens is 2. The minimum atomic E-state index is 0.710. The number of hydrogen-bond acceptors (Lipinski definition) is 3. The van der Waals surface area contributed by atoms with Crippen molar-refractivity contribution >= 4 is 12.2 Å². The summed E-state index contributed by atoms with van der Waals surface area (Å²) in [5.41, 5.74) is 2.48. The molecule has 0 amide bonds. The second-order valence-corrected chi connectivity index (χ2v) is 5.19. The molecule has 0 unspecified atom stereocenters. The Balaban J connectivity index is 2.22. The molecule has 0 aromatic carbocycles. The van der Waals surface area contributed by atoms with Crippen molar-refractivity contribution < 1.29 is 0 Å². The van der Waals surface area contributed by atoms with Crippen LogP contribution in [-0.4, -0.2) is 16.5 Å². The van der Waals surface area contributed by atoms with Gasteiger partial charge in [0.2, 0.25) is 0 Å². The van der Waals surface area contributed by atoms with E-state index >= 15 is 0 Å². The number of aromatic amines is 1. The van der Waals surface area contributed by atoms with Crippen LogP contribution in [0.4, 0.5) is 0 Å². The van der Waals surface area contributed by atoms with Crippen molar-refractivity contribution in [2.24, 2.45) is 5.92 Å². The van der Waals surface area contributed by atoms with Crippen molar-refractivity contribution in [3.8, 4) is 0 Å². The molecule has 0 saturated carbocycles. The van der Waals surface area contributed by atoms with E-state index in [-0.39, 0.29) is 0 Å². The quantitative estimate of drug-likeness (QED) is 0.793. The molecule has 1 aromatic heterocycles. The van der Waals surface area contributed by atoms with Crippen LogP contribution in [0.3, 0.4) is 0 Å². The van der Waals surface area contributed by atoms with Crippen molar-refractivity contribution in [2.45, 2.75) is 39.7 Å². The van der Waals surface area contributed by atoms with Gasteiger partial charge in [0.1, 0.15) is 10.5 Å². The molecule has 0 fully saturated rings. The first-order chi connectivity index (χ1) is 7.66. The fourth-order valence-corrected chi connectivity index (χ4v) is 2.27. The Kier molecular flexibility index (Phi) is 3.71. The van der Waals surface area contributed by atoms with Gasteiger partial charge in [-0.3, -0.25) is 0 Å². The molecular formula is C12H19N3S. The molecule has 1 aromatic rings. The van der Waals surface area contributed by atoms with Gasteiger partial charge in [0, 0.05) is 37.2 Å². The molecule has 0 spiro atoms. The molecule has 3 nitrogen and oxygen atoms in total. The van der Waals surface area contributed by atoms with Crippen LogP contribution in [0.5, 0.6) is 0 Å². The zero-order valence-corrected chi connectivity index (χ0v) is 10.8. The fourth-order valence-electron chi connectivity index (χ4n) is 1.96. The van der Waals surface area contributed by atoms with Crippen LogP contribution < -0.4 is 5.32 Å². The van der Waals surface area contributed by atoms with Gasteiger partial charge in [0.25, 0.3) is 0 Å². The molecule has 0 aliphatic carbocycles. The summed E-state index contributed by atoms with van der Waals surface area (Å²) < 4.78 is 0.778. The normalized spacial score (nSPS) is 15.2. The van der Waals surface area contributed by atoms with Crippen molar-refractivity contribution in [3.05, 3.63) is 21.7 Å². The molecule has 0 saturated heterocycles. The maximum atomic E-state index is 5.34. The van der Waals surface area contributed by atoms with Crippen LogP contribution >= 0.6 is 12.2 Å². The summed E-state index contributed by atoms with van der Waals surface area (Å²) in [5.74, 6) is 1.76. The van der Waals surface area contributed by atoms with E-state index in [1.807, 2.05) is 0 Å². The molecular weight excluding hydrogens is 218 g/mol. The van der Waals surface area contributed by atoms with E-state index in [9.17, 15) is 0 Å².